The van der Waals surface area contributed by atoms with Crippen LogP contribution in [0.2, 0.25) is 0 Å². The van der Waals surface area contributed by atoms with Crippen molar-refractivity contribution in [3.8, 4) is 11.1 Å². The predicted molar refractivity (Wildman–Crippen MR) is 139 cm³/mol. The number of benzene rings is 3. The van der Waals surface area contributed by atoms with E-state index in [4.69, 9.17) is 5.41 Å². The molecule has 0 saturated heterocycles. The summed E-state index contributed by atoms with van der Waals surface area (Å²) < 4.78 is 114. The van der Waals surface area contributed by atoms with Crippen molar-refractivity contribution in [3.05, 3.63) is 112 Å². The molecule has 7 nitrogen and oxygen atoms in total. The molecule has 0 radical (unpaired) electrons. The standard InChI is InChI=1S/C29H22F8N4O3/c1-40-7-8-41(27(40)38)14-15-9-20(19-6-5-18(30)12-22(19)29(35,36)37)25(31)21(10-15)26(44)39-23(13-24(42)43)16-3-2-4-17(11-16)28(32,33)34/h2-12,23,38H,13-14H2,1H3,(H,39,44)(H,42,43)/t23-/m0/s1. The molecule has 1 atom stereocenters. The van der Waals surface area contributed by atoms with Crippen molar-refractivity contribution in [2.24, 2.45) is 7.05 Å². The smallest absolute Gasteiger partial charge is 0.417 e. The van der Waals surface area contributed by atoms with E-state index < -0.39 is 76.1 Å². The van der Waals surface area contributed by atoms with Crippen LogP contribution in [0.25, 0.3) is 11.1 Å². The highest BCUT2D eigenvalue weighted by molar-refractivity contribution is 5.97. The summed E-state index contributed by atoms with van der Waals surface area (Å²) in [5, 5.41) is 19.7. The van der Waals surface area contributed by atoms with Crippen molar-refractivity contribution in [1.82, 2.24) is 14.5 Å². The Labute approximate surface area is 243 Å². The summed E-state index contributed by atoms with van der Waals surface area (Å²) in [6, 6.07) is 5.32. The minimum atomic E-state index is -5.14. The lowest BCUT2D eigenvalue weighted by Crippen LogP contribution is -2.31. The van der Waals surface area contributed by atoms with E-state index in [9.17, 15) is 45.4 Å². The summed E-state index contributed by atoms with van der Waals surface area (Å²) in [7, 11) is 1.54. The van der Waals surface area contributed by atoms with Gasteiger partial charge in [-0.15, -0.1) is 0 Å². The molecule has 1 aromatic heterocycles. The summed E-state index contributed by atoms with van der Waals surface area (Å²) in [6.45, 7) is -0.234. The molecule has 1 amide bonds. The molecule has 3 N–H and O–H groups in total. The predicted octanol–water partition coefficient (Wildman–Crippen LogP) is 6.28. The van der Waals surface area contributed by atoms with E-state index in [2.05, 4.69) is 5.32 Å². The maximum Gasteiger partial charge on any atom is 0.417 e. The quantitative estimate of drug-likeness (QED) is 0.201. The van der Waals surface area contributed by atoms with E-state index >= 15 is 4.39 Å². The Balaban J connectivity index is 1.86. The number of imidazole rings is 1. The number of aryl methyl sites for hydroxylation is 1. The van der Waals surface area contributed by atoms with Gasteiger partial charge >= 0.3 is 18.3 Å². The zero-order chi connectivity index (χ0) is 32.6. The number of hydrogen-bond donors (Lipinski definition) is 3. The van der Waals surface area contributed by atoms with Crippen LogP contribution in [0.4, 0.5) is 35.1 Å². The van der Waals surface area contributed by atoms with Gasteiger partial charge in [-0.05, 0) is 53.1 Å². The van der Waals surface area contributed by atoms with E-state index in [-0.39, 0.29) is 29.4 Å². The van der Waals surface area contributed by atoms with Gasteiger partial charge < -0.3 is 19.6 Å². The van der Waals surface area contributed by atoms with Crippen molar-refractivity contribution < 1.29 is 49.8 Å². The van der Waals surface area contributed by atoms with Crippen LogP contribution in [0.3, 0.4) is 0 Å². The average Bonchev–Trinajstić information content (AvgIpc) is 3.24. The molecule has 0 aliphatic carbocycles. The molecule has 0 aliphatic heterocycles. The van der Waals surface area contributed by atoms with Crippen LogP contribution in [0, 0.1) is 17.0 Å². The number of nitrogens with zero attached hydrogens (tertiary/aromatic N) is 2. The fourth-order valence-electron chi connectivity index (χ4n) is 4.57. The molecule has 4 rings (SSSR count). The summed E-state index contributed by atoms with van der Waals surface area (Å²) in [6.07, 6.45) is -7.92. The molecule has 0 unspecified atom stereocenters. The largest absolute Gasteiger partial charge is 0.481 e. The Morgan fingerprint density at radius 2 is 1.64 bits per heavy atom. The van der Waals surface area contributed by atoms with Crippen LogP contribution in [0.1, 0.15) is 45.1 Å². The van der Waals surface area contributed by atoms with Crippen LogP contribution in [-0.2, 0) is 30.7 Å². The van der Waals surface area contributed by atoms with Gasteiger partial charge in [0.2, 0.25) is 5.62 Å². The maximum absolute atomic E-state index is 16.0. The van der Waals surface area contributed by atoms with Crippen LogP contribution in [0.5, 0.6) is 0 Å². The van der Waals surface area contributed by atoms with Gasteiger partial charge in [-0.1, -0.05) is 18.2 Å². The molecular formula is C29H22F8N4O3. The van der Waals surface area contributed by atoms with Gasteiger partial charge in [0.15, 0.2) is 0 Å². The fourth-order valence-corrected chi connectivity index (χ4v) is 4.57. The first-order valence-corrected chi connectivity index (χ1v) is 12.6. The van der Waals surface area contributed by atoms with Crippen LogP contribution in [-0.4, -0.2) is 26.1 Å². The van der Waals surface area contributed by atoms with E-state index in [1.54, 1.807) is 0 Å². The molecular weight excluding hydrogens is 604 g/mol. The highest BCUT2D eigenvalue weighted by Crippen LogP contribution is 2.39. The number of alkyl halides is 6. The fraction of sp³-hybridized carbons (Fsp3) is 0.207. The highest BCUT2D eigenvalue weighted by Gasteiger charge is 2.36. The number of nitrogens with one attached hydrogen (secondary N) is 2. The van der Waals surface area contributed by atoms with Crippen LogP contribution in [0.15, 0.2) is 67.0 Å². The number of hydrogen-bond acceptors (Lipinski definition) is 3. The summed E-state index contributed by atoms with van der Waals surface area (Å²) in [5.41, 5.74) is -5.41. The molecule has 232 valence electrons. The lowest BCUT2D eigenvalue weighted by atomic mass is 9.94. The van der Waals surface area contributed by atoms with Gasteiger partial charge in [0.25, 0.3) is 5.91 Å². The van der Waals surface area contributed by atoms with E-state index in [0.717, 1.165) is 30.3 Å². The topological polar surface area (TPSA) is 100 Å². The minimum Gasteiger partial charge on any atom is -0.481 e. The van der Waals surface area contributed by atoms with Crippen molar-refractivity contribution in [3.63, 3.8) is 0 Å². The van der Waals surface area contributed by atoms with Crippen LogP contribution >= 0.6 is 0 Å². The molecule has 3 aromatic carbocycles. The second-order valence-corrected chi connectivity index (χ2v) is 9.80. The Kier molecular flexibility index (Phi) is 8.70. The van der Waals surface area contributed by atoms with Crippen molar-refractivity contribution >= 4 is 11.9 Å². The molecule has 44 heavy (non-hydrogen) atoms. The number of aliphatic carboxylic acids is 1. The number of aromatic nitrogens is 2. The molecule has 0 fully saturated rings. The first-order valence-electron chi connectivity index (χ1n) is 12.6. The number of amides is 1. The third-order valence-electron chi connectivity index (χ3n) is 6.68. The van der Waals surface area contributed by atoms with E-state index in [1.165, 1.54) is 28.6 Å². The number of rotatable bonds is 8. The van der Waals surface area contributed by atoms with Gasteiger partial charge in [-0.2, -0.15) is 26.3 Å². The summed E-state index contributed by atoms with van der Waals surface area (Å²) in [5.74, 6) is -5.60. The van der Waals surface area contributed by atoms with E-state index in [1.807, 2.05) is 0 Å². The zero-order valence-electron chi connectivity index (χ0n) is 22.5. The van der Waals surface area contributed by atoms with Crippen molar-refractivity contribution in [1.29, 1.82) is 5.41 Å². The van der Waals surface area contributed by atoms with Gasteiger partial charge in [0.05, 0.1) is 35.7 Å². The minimum absolute atomic E-state index is 0.0301. The normalized spacial score (nSPS) is 12.7. The van der Waals surface area contributed by atoms with Gasteiger partial charge in [0, 0.05) is 25.0 Å². The van der Waals surface area contributed by atoms with E-state index in [0.29, 0.717) is 18.2 Å². The van der Waals surface area contributed by atoms with Gasteiger partial charge in [-0.3, -0.25) is 15.0 Å². The number of carboxylic acids is 1. The Morgan fingerprint density at radius 3 is 2.23 bits per heavy atom. The lowest BCUT2D eigenvalue weighted by molar-refractivity contribution is -0.138. The lowest BCUT2D eigenvalue weighted by Gasteiger charge is -2.21. The number of carboxylic acid groups (broad SMARTS) is 1. The monoisotopic (exact) mass is 626 g/mol. The molecule has 15 heteroatoms. The second-order valence-electron chi connectivity index (χ2n) is 9.80. The molecule has 0 spiro atoms. The first-order chi connectivity index (χ1) is 20.5. The van der Waals surface area contributed by atoms with Crippen molar-refractivity contribution in [2.75, 3.05) is 0 Å². The SMILES string of the molecule is Cn1ccn(Cc2cc(C(=O)N[C@@H](CC(=O)O)c3cccc(C(F)(F)F)c3)c(F)c(-c3ccc(F)cc3C(F)(F)F)c2)c1=N. The van der Waals surface area contributed by atoms with Crippen LogP contribution < -0.4 is 10.9 Å². The van der Waals surface area contributed by atoms with Crippen molar-refractivity contribution in [2.45, 2.75) is 31.4 Å². The number of halogens is 8. The molecule has 0 saturated carbocycles. The third kappa shape index (κ3) is 6.98. The average molecular weight is 627 g/mol. The first kappa shape index (κ1) is 32.0. The van der Waals surface area contributed by atoms with Gasteiger partial charge in [-0.25, -0.2) is 8.78 Å². The third-order valence-corrected chi connectivity index (χ3v) is 6.68. The zero-order valence-corrected chi connectivity index (χ0v) is 22.5. The molecule has 0 bridgehead atoms. The Hall–Kier alpha value is -4.95. The van der Waals surface area contributed by atoms with Gasteiger partial charge in [0.1, 0.15) is 11.6 Å². The second kappa shape index (κ2) is 12.0. The Morgan fingerprint density at radius 1 is 0.932 bits per heavy atom. The number of carbonyl (C=O) groups is 2. The molecule has 0 aliphatic rings. The highest BCUT2D eigenvalue weighted by atomic mass is 19.4. The Bertz CT molecular complexity index is 1790. The summed E-state index contributed by atoms with van der Waals surface area (Å²) >= 11 is 0. The molecule has 1 heterocycles. The number of carbonyl (C=O) groups excluding carboxylic acids is 1. The maximum atomic E-state index is 16.0. The molecule has 4 aromatic rings. The summed E-state index contributed by atoms with van der Waals surface area (Å²) in [4.78, 5) is 24.9.